The first-order valence-electron chi connectivity index (χ1n) is 13.3. The van der Waals surface area contributed by atoms with E-state index in [4.69, 9.17) is 0 Å². The second kappa shape index (κ2) is 7.31. The fraction of sp³-hybridized carbons (Fsp3) is 0. The lowest BCUT2D eigenvalue weighted by molar-refractivity contribution is 1.69. The maximum absolute atomic E-state index is 2.48. The molecule has 0 aliphatic heterocycles. The van der Waals surface area contributed by atoms with E-state index in [1.54, 1.807) is 0 Å². The molecule has 0 N–H and O–H groups in total. The fourth-order valence-electron chi connectivity index (χ4n) is 6.97. The van der Waals surface area contributed by atoms with Gasteiger partial charge >= 0.3 is 0 Å². The van der Waals surface area contributed by atoms with Gasteiger partial charge in [0.05, 0.1) is 0 Å². The van der Waals surface area contributed by atoms with E-state index in [9.17, 15) is 0 Å². The number of benzene rings is 5. The van der Waals surface area contributed by atoms with Crippen LogP contribution in [0.5, 0.6) is 0 Å². The SMILES string of the molecule is c1ccc(-c2c3c4cc5c6c(-c7ccccc7)c7ccccc7c-6cc5cc4cc-3c3ccccc23)cc1. The number of hydrogen-bond acceptors (Lipinski definition) is 0. The Bertz CT molecular complexity index is 2050. The Morgan fingerprint density at radius 1 is 0.263 bits per heavy atom. The van der Waals surface area contributed by atoms with Crippen LogP contribution in [-0.2, 0) is 0 Å². The number of hydrogen-bond donors (Lipinski definition) is 0. The van der Waals surface area contributed by atoms with Gasteiger partial charge in [0.15, 0.2) is 0 Å². The summed E-state index contributed by atoms with van der Waals surface area (Å²) in [4.78, 5) is 0. The minimum absolute atomic E-state index is 1.28. The highest BCUT2D eigenvalue weighted by Crippen LogP contribution is 2.54. The second-order valence-electron chi connectivity index (χ2n) is 10.5. The van der Waals surface area contributed by atoms with Crippen LogP contribution in [0.2, 0.25) is 0 Å². The van der Waals surface area contributed by atoms with E-state index in [1.165, 1.54) is 87.6 Å². The third-order valence-corrected chi connectivity index (χ3v) is 8.50. The molecule has 174 valence electrons. The van der Waals surface area contributed by atoms with Crippen molar-refractivity contribution in [1.82, 2.24) is 0 Å². The molecule has 4 aliphatic carbocycles. The van der Waals surface area contributed by atoms with Crippen LogP contribution in [0.15, 0.2) is 133 Å². The first-order chi connectivity index (χ1) is 18.9. The van der Waals surface area contributed by atoms with Crippen molar-refractivity contribution in [3.05, 3.63) is 133 Å². The average molecular weight is 479 g/mol. The number of rotatable bonds is 2. The predicted molar refractivity (Wildman–Crippen MR) is 163 cm³/mol. The highest BCUT2D eigenvalue weighted by atomic mass is 14.3. The van der Waals surface area contributed by atoms with Gasteiger partial charge in [-0.1, -0.05) is 109 Å². The van der Waals surface area contributed by atoms with Crippen molar-refractivity contribution in [2.45, 2.75) is 0 Å². The lowest BCUT2D eigenvalue weighted by atomic mass is 9.97. The van der Waals surface area contributed by atoms with Gasteiger partial charge in [-0.05, 0) is 112 Å². The summed E-state index contributed by atoms with van der Waals surface area (Å²) in [6, 6.07) is 49.3. The monoisotopic (exact) mass is 478 g/mol. The van der Waals surface area contributed by atoms with E-state index in [0.717, 1.165) is 0 Å². The molecule has 0 spiro atoms. The van der Waals surface area contributed by atoms with Gasteiger partial charge in [0.1, 0.15) is 0 Å². The van der Waals surface area contributed by atoms with Crippen LogP contribution in [-0.4, -0.2) is 0 Å². The smallest absolute Gasteiger partial charge is 0.00139 e. The van der Waals surface area contributed by atoms with E-state index in [0.29, 0.717) is 0 Å². The zero-order valence-electron chi connectivity index (χ0n) is 20.7. The average Bonchev–Trinajstić information content (AvgIpc) is 3.69. The van der Waals surface area contributed by atoms with Crippen LogP contribution in [0.3, 0.4) is 0 Å². The summed E-state index contributed by atoms with van der Waals surface area (Å²) < 4.78 is 0. The molecule has 0 radical (unpaired) electrons. The molecular formula is C38H22. The standard InChI is InChI=1S/C38H22/c1-3-11-23(12-4-1)35-29-17-9-7-15-27(29)33-20-25-19-26-21-34-28-16-8-10-18-30(28)36(24-13-5-2-6-14-24)38(34)32(26)22-31(25)37(33)35/h1-22H. The fourth-order valence-corrected chi connectivity index (χ4v) is 6.97. The summed E-state index contributed by atoms with van der Waals surface area (Å²) in [5.41, 5.74) is 10.7. The molecule has 5 aromatic rings. The zero-order chi connectivity index (χ0) is 24.8. The van der Waals surface area contributed by atoms with Gasteiger partial charge < -0.3 is 0 Å². The van der Waals surface area contributed by atoms with Crippen molar-refractivity contribution in [1.29, 1.82) is 0 Å². The first-order valence-corrected chi connectivity index (χ1v) is 13.3. The molecule has 0 nitrogen and oxygen atoms in total. The summed E-state index contributed by atoms with van der Waals surface area (Å²) in [5, 5.41) is 10.7. The summed E-state index contributed by atoms with van der Waals surface area (Å²) >= 11 is 0. The summed E-state index contributed by atoms with van der Waals surface area (Å²) in [6.07, 6.45) is 0. The van der Waals surface area contributed by atoms with Gasteiger partial charge in [-0.25, -0.2) is 0 Å². The molecule has 0 bridgehead atoms. The molecule has 4 aliphatic rings. The molecule has 0 aromatic heterocycles. The molecule has 0 saturated heterocycles. The summed E-state index contributed by atoms with van der Waals surface area (Å²) in [6.45, 7) is 0. The van der Waals surface area contributed by atoms with Crippen molar-refractivity contribution < 1.29 is 0 Å². The highest BCUT2D eigenvalue weighted by Gasteiger charge is 2.26. The lowest BCUT2D eigenvalue weighted by Gasteiger charge is -2.06. The van der Waals surface area contributed by atoms with Crippen LogP contribution in [0.4, 0.5) is 0 Å². The second-order valence-corrected chi connectivity index (χ2v) is 10.5. The van der Waals surface area contributed by atoms with Crippen LogP contribution in [0.1, 0.15) is 0 Å². The van der Waals surface area contributed by atoms with Gasteiger partial charge in [-0.15, -0.1) is 0 Å². The van der Waals surface area contributed by atoms with Gasteiger partial charge in [0.2, 0.25) is 0 Å². The first kappa shape index (κ1) is 20.2. The Morgan fingerprint density at radius 2 is 0.658 bits per heavy atom. The van der Waals surface area contributed by atoms with Crippen molar-refractivity contribution >= 4 is 43.1 Å². The molecule has 0 atom stereocenters. The molecule has 9 rings (SSSR count). The predicted octanol–water partition coefficient (Wildman–Crippen LogP) is 10.7. The van der Waals surface area contributed by atoms with Gasteiger partial charge in [0, 0.05) is 0 Å². The molecule has 0 fully saturated rings. The Kier molecular flexibility index (Phi) is 3.88. The van der Waals surface area contributed by atoms with Crippen LogP contribution in [0.25, 0.3) is 87.6 Å². The van der Waals surface area contributed by atoms with Crippen molar-refractivity contribution in [2.24, 2.45) is 0 Å². The quantitative estimate of drug-likeness (QED) is 0.232. The summed E-state index contributed by atoms with van der Waals surface area (Å²) in [7, 11) is 0. The van der Waals surface area contributed by atoms with Crippen molar-refractivity contribution in [3.63, 3.8) is 0 Å². The van der Waals surface area contributed by atoms with Crippen molar-refractivity contribution in [3.8, 4) is 44.5 Å². The van der Waals surface area contributed by atoms with E-state index in [1.807, 2.05) is 0 Å². The lowest BCUT2D eigenvalue weighted by Crippen LogP contribution is -1.79. The highest BCUT2D eigenvalue weighted by molar-refractivity contribution is 6.29. The molecule has 0 heteroatoms. The van der Waals surface area contributed by atoms with E-state index < -0.39 is 0 Å². The Hall–Kier alpha value is -4.94. The topological polar surface area (TPSA) is 0 Å². The van der Waals surface area contributed by atoms with E-state index in [2.05, 4.69) is 133 Å². The van der Waals surface area contributed by atoms with Gasteiger partial charge in [0.25, 0.3) is 0 Å². The minimum atomic E-state index is 1.28. The summed E-state index contributed by atoms with van der Waals surface area (Å²) in [5.74, 6) is 0. The third kappa shape index (κ3) is 2.54. The minimum Gasteiger partial charge on any atom is -0.0622 e. The molecular weight excluding hydrogens is 456 g/mol. The van der Waals surface area contributed by atoms with Gasteiger partial charge in [-0.3, -0.25) is 0 Å². The molecule has 0 amide bonds. The molecule has 0 heterocycles. The van der Waals surface area contributed by atoms with Crippen LogP contribution < -0.4 is 0 Å². The van der Waals surface area contributed by atoms with E-state index >= 15 is 0 Å². The Morgan fingerprint density at radius 3 is 1.11 bits per heavy atom. The van der Waals surface area contributed by atoms with E-state index in [-0.39, 0.29) is 0 Å². The van der Waals surface area contributed by atoms with Crippen LogP contribution in [0, 0.1) is 0 Å². The molecule has 0 unspecified atom stereocenters. The molecule has 38 heavy (non-hydrogen) atoms. The molecule has 5 aromatic carbocycles. The maximum atomic E-state index is 2.48. The van der Waals surface area contributed by atoms with Gasteiger partial charge in [-0.2, -0.15) is 0 Å². The maximum Gasteiger partial charge on any atom is -0.00139 e. The van der Waals surface area contributed by atoms with Crippen molar-refractivity contribution in [2.75, 3.05) is 0 Å². The Balaban J connectivity index is 1.45. The zero-order valence-corrected chi connectivity index (χ0v) is 20.7. The Labute approximate surface area is 220 Å². The normalized spacial score (nSPS) is 12.2. The number of fused-ring (bicyclic) bond motifs is 10. The molecule has 0 saturated carbocycles. The third-order valence-electron chi connectivity index (χ3n) is 8.50. The largest absolute Gasteiger partial charge is 0.0622 e. The van der Waals surface area contributed by atoms with Crippen LogP contribution >= 0.6 is 0 Å².